The second kappa shape index (κ2) is 6.55. The van der Waals surface area contributed by atoms with Crippen molar-refractivity contribution in [2.24, 2.45) is 0 Å². The van der Waals surface area contributed by atoms with Gasteiger partial charge in [-0.15, -0.1) is 0 Å². The second-order valence-electron chi connectivity index (χ2n) is 6.23. The van der Waals surface area contributed by atoms with Gasteiger partial charge >= 0.3 is 0 Å². The van der Waals surface area contributed by atoms with Crippen molar-refractivity contribution in [1.82, 2.24) is 14.9 Å². The minimum absolute atomic E-state index is 0.0125. The molecule has 0 spiro atoms. The van der Waals surface area contributed by atoms with Crippen molar-refractivity contribution in [1.29, 1.82) is 0 Å². The van der Waals surface area contributed by atoms with Crippen LogP contribution < -0.4 is 0 Å². The van der Waals surface area contributed by atoms with Gasteiger partial charge in [0.25, 0.3) is 0 Å². The number of hydrogen-bond donors (Lipinski definition) is 1. The van der Waals surface area contributed by atoms with Gasteiger partial charge in [0.15, 0.2) is 0 Å². The number of benzene rings is 1. The van der Waals surface area contributed by atoms with Crippen LogP contribution in [-0.4, -0.2) is 33.9 Å². The largest absolute Gasteiger partial charge is 0.465 e. The van der Waals surface area contributed by atoms with Crippen LogP contribution in [0.3, 0.4) is 0 Å². The quantitative estimate of drug-likeness (QED) is 0.740. The normalized spacial score (nSPS) is 16.1. The fraction of sp³-hybridized carbons (Fsp3) is 0.263. The lowest BCUT2D eigenvalue weighted by molar-refractivity contribution is -0.127. The van der Waals surface area contributed by atoms with Crippen molar-refractivity contribution in [3.63, 3.8) is 0 Å². The molecule has 0 aliphatic carbocycles. The van der Waals surface area contributed by atoms with Gasteiger partial charge in [0.1, 0.15) is 17.4 Å². The highest BCUT2D eigenvalue weighted by Gasteiger charge is 2.24. The average Bonchev–Trinajstić information content (AvgIpc) is 3.29. The molecule has 4 rings (SSSR count). The van der Waals surface area contributed by atoms with Crippen LogP contribution in [0, 0.1) is 5.82 Å². The van der Waals surface area contributed by atoms with Crippen LogP contribution in [0.15, 0.2) is 47.1 Å². The zero-order valence-corrected chi connectivity index (χ0v) is 13.6. The first-order valence-electron chi connectivity index (χ1n) is 8.35. The van der Waals surface area contributed by atoms with Gasteiger partial charge in [-0.25, -0.2) is 9.37 Å². The van der Waals surface area contributed by atoms with Crippen molar-refractivity contribution in [3.05, 3.63) is 60.1 Å². The molecule has 3 aromatic rings. The number of amides is 1. The maximum absolute atomic E-state index is 13.3. The van der Waals surface area contributed by atoms with E-state index >= 15 is 0 Å². The van der Waals surface area contributed by atoms with Crippen molar-refractivity contribution in [2.45, 2.75) is 18.8 Å². The number of aromatic nitrogens is 2. The molecule has 0 bridgehead atoms. The van der Waals surface area contributed by atoms with Gasteiger partial charge in [0, 0.05) is 25.1 Å². The minimum atomic E-state index is -0.272. The molecule has 0 atom stereocenters. The van der Waals surface area contributed by atoms with Crippen LogP contribution in [0.4, 0.5) is 4.39 Å². The summed E-state index contributed by atoms with van der Waals surface area (Å²) in [6.45, 7) is 1.36. The molecular weight excluding hydrogens is 321 g/mol. The van der Waals surface area contributed by atoms with E-state index < -0.39 is 0 Å². The van der Waals surface area contributed by atoms with E-state index in [9.17, 15) is 9.18 Å². The number of rotatable bonds is 3. The van der Waals surface area contributed by atoms with Crippen molar-refractivity contribution in [2.75, 3.05) is 13.1 Å². The summed E-state index contributed by atoms with van der Waals surface area (Å²) < 4.78 is 18.5. The van der Waals surface area contributed by atoms with E-state index in [0.29, 0.717) is 18.8 Å². The first-order valence-corrected chi connectivity index (χ1v) is 8.35. The molecule has 1 aromatic carbocycles. The number of fused-ring (bicyclic) bond motifs is 1. The summed E-state index contributed by atoms with van der Waals surface area (Å²) in [5, 5.41) is 0. The lowest BCUT2D eigenvalue weighted by atomic mass is 9.96. The number of hydrogen-bond acceptors (Lipinski definition) is 3. The monoisotopic (exact) mass is 339 g/mol. The number of carbonyl (C=O) groups excluding carboxylic acids is 1. The molecule has 128 valence electrons. The Morgan fingerprint density at radius 3 is 2.92 bits per heavy atom. The topological polar surface area (TPSA) is 62.1 Å². The molecule has 1 N–H and O–H groups in total. The highest BCUT2D eigenvalue weighted by molar-refractivity contribution is 5.91. The summed E-state index contributed by atoms with van der Waals surface area (Å²) in [4.78, 5) is 21.9. The van der Waals surface area contributed by atoms with Crippen LogP contribution >= 0.6 is 0 Å². The Kier molecular flexibility index (Phi) is 4.09. The lowest BCUT2D eigenvalue weighted by Crippen LogP contribution is -2.37. The highest BCUT2D eigenvalue weighted by atomic mass is 19.1. The number of piperidine rings is 1. The van der Waals surface area contributed by atoms with Gasteiger partial charge in [-0.2, -0.15) is 0 Å². The standard InChI is InChI=1S/C19H18FN3O2/c20-14-3-5-16-17(12-14)22-19(21-16)13-7-9-23(10-8-13)18(24)6-4-15-2-1-11-25-15/h1-6,11-13H,7-10H2,(H,21,22)/b6-4+. The number of nitrogens with one attached hydrogen (secondary N) is 1. The first-order chi connectivity index (χ1) is 12.2. The maximum Gasteiger partial charge on any atom is 0.246 e. The summed E-state index contributed by atoms with van der Waals surface area (Å²) in [5.74, 6) is 1.51. The van der Waals surface area contributed by atoms with E-state index in [1.54, 1.807) is 36.6 Å². The van der Waals surface area contributed by atoms with Crippen LogP contribution in [-0.2, 0) is 4.79 Å². The molecule has 1 aliphatic heterocycles. The predicted octanol–water partition coefficient (Wildman–Crippen LogP) is 3.71. The highest BCUT2D eigenvalue weighted by Crippen LogP contribution is 2.28. The van der Waals surface area contributed by atoms with E-state index in [2.05, 4.69) is 9.97 Å². The average molecular weight is 339 g/mol. The Bertz CT molecular complexity index is 906. The number of likely N-dealkylation sites (tertiary alicyclic amines) is 1. The van der Waals surface area contributed by atoms with Crippen LogP contribution in [0.5, 0.6) is 0 Å². The van der Waals surface area contributed by atoms with Gasteiger partial charge < -0.3 is 14.3 Å². The molecule has 2 aromatic heterocycles. The second-order valence-corrected chi connectivity index (χ2v) is 6.23. The summed E-state index contributed by atoms with van der Waals surface area (Å²) in [6, 6.07) is 8.15. The van der Waals surface area contributed by atoms with Gasteiger partial charge in [0.2, 0.25) is 5.91 Å². The van der Waals surface area contributed by atoms with Crippen molar-refractivity contribution < 1.29 is 13.6 Å². The Hall–Kier alpha value is -2.89. The Labute approximate surface area is 144 Å². The van der Waals surface area contributed by atoms with Crippen molar-refractivity contribution >= 4 is 23.0 Å². The number of furan rings is 1. The lowest BCUT2D eigenvalue weighted by Gasteiger charge is -2.30. The molecule has 3 heterocycles. The number of aromatic amines is 1. The van der Waals surface area contributed by atoms with E-state index in [0.717, 1.165) is 29.7 Å². The number of imidazole rings is 1. The summed E-state index contributed by atoms with van der Waals surface area (Å²) in [5.41, 5.74) is 1.49. The summed E-state index contributed by atoms with van der Waals surface area (Å²) in [6.07, 6.45) is 6.48. The minimum Gasteiger partial charge on any atom is -0.465 e. The van der Waals surface area contributed by atoms with Gasteiger partial charge in [-0.3, -0.25) is 4.79 Å². The zero-order chi connectivity index (χ0) is 17.2. The Morgan fingerprint density at radius 1 is 1.32 bits per heavy atom. The van der Waals surface area contributed by atoms with Gasteiger partial charge in [0.05, 0.1) is 17.3 Å². The summed E-state index contributed by atoms with van der Waals surface area (Å²) in [7, 11) is 0. The van der Waals surface area contributed by atoms with Crippen LogP contribution in [0.2, 0.25) is 0 Å². The Balaban J connectivity index is 1.39. The molecule has 0 radical (unpaired) electrons. The van der Waals surface area contributed by atoms with E-state index in [4.69, 9.17) is 4.42 Å². The van der Waals surface area contributed by atoms with Crippen LogP contribution in [0.25, 0.3) is 17.1 Å². The fourth-order valence-electron chi connectivity index (χ4n) is 3.21. The third-order valence-corrected chi connectivity index (χ3v) is 4.59. The molecule has 1 saturated heterocycles. The van der Waals surface area contributed by atoms with E-state index in [1.165, 1.54) is 12.1 Å². The molecule has 1 fully saturated rings. The third-order valence-electron chi connectivity index (χ3n) is 4.59. The van der Waals surface area contributed by atoms with Crippen molar-refractivity contribution in [3.8, 4) is 0 Å². The van der Waals surface area contributed by atoms with E-state index in [-0.39, 0.29) is 17.6 Å². The molecule has 0 saturated carbocycles. The Morgan fingerprint density at radius 2 is 2.16 bits per heavy atom. The molecule has 5 nitrogen and oxygen atoms in total. The number of H-pyrrole nitrogens is 1. The van der Waals surface area contributed by atoms with Crippen LogP contribution in [0.1, 0.15) is 30.3 Å². The predicted molar refractivity (Wildman–Crippen MR) is 92.3 cm³/mol. The maximum atomic E-state index is 13.3. The molecular formula is C19H18FN3O2. The fourth-order valence-corrected chi connectivity index (χ4v) is 3.21. The zero-order valence-electron chi connectivity index (χ0n) is 13.6. The summed E-state index contributed by atoms with van der Waals surface area (Å²) >= 11 is 0. The first kappa shape index (κ1) is 15.6. The van der Waals surface area contributed by atoms with E-state index in [1.807, 2.05) is 4.90 Å². The SMILES string of the molecule is O=C(/C=C/c1ccco1)N1CCC(c2nc3ccc(F)cc3[nH]2)CC1. The molecule has 25 heavy (non-hydrogen) atoms. The molecule has 6 heteroatoms. The molecule has 0 unspecified atom stereocenters. The van der Waals surface area contributed by atoms with Gasteiger partial charge in [-0.05, 0) is 49.2 Å². The molecule has 1 amide bonds. The van der Waals surface area contributed by atoms with Gasteiger partial charge in [-0.1, -0.05) is 0 Å². The number of halogens is 1. The number of carbonyl (C=O) groups is 1. The number of nitrogens with zero attached hydrogens (tertiary/aromatic N) is 2. The third kappa shape index (κ3) is 3.33. The molecule has 1 aliphatic rings. The smallest absolute Gasteiger partial charge is 0.246 e.